The molecule has 0 saturated carbocycles. The smallest absolute Gasteiger partial charge is 0.416 e. The summed E-state index contributed by atoms with van der Waals surface area (Å²) < 4.78 is 74.6. The lowest BCUT2D eigenvalue weighted by molar-refractivity contribution is -0.150. The average molecular weight is 288 g/mol. The van der Waals surface area contributed by atoms with Gasteiger partial charge in [0.05, 0.1) is 11.1 Å². The van der Waals surface area contributed by atoms with Crippen molar-refractivity contribution in [3.05, 3.63) is 34.9 Å². The second-order valence-electron chi connectivity index (χ2n) is 3.54. The van der Waals surface area contributed by atoms with Crippen molar-refractivity contribution in [1.29, 1.82) is 0 Å². The van der Waals surface area contributed by atoms with Gasteiger partial charge in [-0.1, -0.05) is 0 Å². The highest BCUT2D eigenvalue weighted by molar-refractivity contribution is 5.74. The Balaban J connectivity index is 3.48. The van der Waals surface area contributed by atoms with Crippen molar-refractivity contribution < 1.29 is 41.4 Å². The Bertz CT molecular complexity index is 491. The Morgan fingerprint density at radius 3 is 1.95 bits per heavy atom. The zero-order valence-corrected chi connectivity index (χ0v) is 8.88. The summed E-state index contributed by atoms with van der Waals surface area (Å²) in [4.78, 5) is 10.4. The zero-order valence-electron chi connectivity index (χ0n) is 8.88. The highest BCUT2D eigenvalue weighted by Crippen LogP contribution is 2.38. The molecule has 2 N–H and O–H groups in total. The SMILES string of the molecule is O=C(O)C(O)c1cc(C(F)(F)F)ccc1C(F)(F)F. The molecular weight excluding hydrogens is 282 g/mol. The summed E-state index contributed by atoms with van der Waals surface area (Å²) in [7, 11) is 0. The van der Waals surface area contributed by atoms with Crippen LogP contribution < -0.4 is 0 Å². The van der Waals surface area contributed by atoms with E-state index >= 15 is 0 Å². The standard InChI is InChI=1S/C10H6F6O3/c11-9(12,13)4-1-2-6(10(14,15)16)5(3-4)7(17)8(18)19/h1-3,7,17H,(H,18,19). The van der Waals surface area contributed by atoms with Crippen LogP contribution in [0.4, 0.5) is 26.3 Å². The highest BCUT2D eigenvalue weighted by Gasteiger charge is 2.39. The van der Waals surface area contributed by atoms with Gasteiger partial charge >= 0.3 is 18.3 Å². The van der Waals surface area contributed by atoms with Gasteiger partial charge in [-0.05, 0) is 18.2 Å². The summed E-state index contributed by atoms with van der Waals surface area (Å²) in [5.41, 5.74) is -4.46. The highest BCUT2D eigenvalue weighted by atomic mass is 19.4. The molecule has 0 fully saturated rings. The summed E-state index contributed by atoms with van der Waals surface area (Å²) in [5.74, 6) is -2.08. The molecule has 0 aliphatic carbocycles. The van der Waals surface area contributed by atoms with Gasteiger partial charge in [0.25, 0.3) is 0 Å². The Morgan fingerprint density at radius 2 is 1.58 bits per heavy atom. The van der Waals surface area contributed by atoms with E-state index in [1.54, 1.807) is 0 Å². The van der Waals surface area contributed by atoms with Gasteiger partial charge in [0.2, 0.25) is 0 Å². The first-order valence-corrected chi connectivity index (χ1v) is 4.64. The lowest BCUT2D eigenvalue weighted by atomic mass is 9.98. The van der Waals surface area contributed by atoms with Crippen molar-refractivity contribution in [3.8, 4) is 0 Å². The van der Waals surface area contributed by atoms with E-state index in [4.69, 9.17) is 10.2 Å². The summed E-state index contributed by atoms with van der Waals surface area (Å²) in [6.45, 7) is 0. The number of aliphatic hydroxyl groups excluding tert-OH is 1. The normalized spacial score (nSPS) is 14.3. The van der Waals surface area contributed by atoms with Crippen molar-refractivity contribution >= 4 is 5.97 Å². The van der Waals surface area contributed by atoms with Crippen LogP contribution >= 0.6 is 0 Å². The minimum Gasteiger partial charge on any atom is -0.479 e. The van der Waals surface area contributed by atoms with E-state index in [1.807, 2.05) is 0 Å². The number of aliphatic hydroxyl groups is 1. The summed E-state index contributed by atoms with van der Waals surface area (Å²) >= 11 is 0. The molecule has 0 spiro atoms. The van der Waals surface area contributed by atoms with Gasteiger partial charge in [-0.3, -0.25) is 0 Å². The molecule has 0 heterocycles. The first kappa shape index (κ1) is 15.3. The number of hydrogen-bond acceptors (Lipinski definition) is 2. The number of halogens is 6. The average Bonchev–Trinajstić information content (AvgIpc) is 2.24. The molecule has 0 bridgehead atoms. The number of alkyl halides is 6. The third kappa shape index (κ3) is 3.37. The van der Waals surface area contributed by atoms with E-state index in [0.717, 1.165) is 0 Å². The molecule has 0 aliphatic rings. The van der Waals surface area contributed by atoms with Gasteiger partial charge in [-0.15, -0.1) is 0 Å². The van der Waals surface area contributed by atoms with E-state index in [2.05, 4.69) is 0 Å². The largest absolute Gasteiger partial charge is 0.479 e. The summed E-state index contributed by atoms with van der Waals surface area (Å²) in [5, 5.41) is 17.5. The number of carboxylic acid groups (broad SMARTS) is 1. The van der Waals surface area contributed by atoms with Gasteiger partial charge in [0.1, 0.15) is 0 Å². The van der Waals surface area contributed by atoms with Gasteiger partial charge in [0.15, 0.2) is 6.10 Å². The lowest BCUT2D eigenvalue weighted by Gasteiger charge is -2.17. The van der Waals surface area contributed by atoms with Gasteiger partial charge in [-0.2, -0.15) is 26.3 Å². The Hall–Kier alpha value is -1.77. The first-order valence-electron chi connectivity index (χ1n) is 4.64. The van der Waals surface area contributed by atoms with Gasteiger partial charge in [-0.25, -0.2) is 4.79 Å². The fourth-order valence-electron chi connectivity index (χ4n) is 1.36. The van der Waals surface area contributed by atoms with Crippen LogP contribution in [-0.4, -0.2) is 16.2 Å². The van der Waals surface area contributed by atoms with E-state index in [1.165, 1.54) is 0 Å². The van der Waals surface area contributed by atoms with Gasteiger partial charge < -0.3 is 10.2 Å². The van der Waals surface area contributed by atoms with Crippen molar-refractivity contribution in [1.82, 2.24) is 0 Å². The maximum Gasteiger partial charge on any atom is 0.416 e. The van der Waals surface area contributed by atoms with E-state index < -0.39 is 41.1 Å². The number of benzene rings is 1. The molecule has 0 aliphatic heterocycles. The van der Waals surface area contributed by atoms with Crippen LogP contribution in [-0.2, 0) is 17.1 Å². The second kappa shape index (κ2) is 4.72. The molecule has 0 amide bonds. The van der Waals surface area contributed by atoms with E-state index in [0.29, 0.717) is 0 Å². The zero-order chi connectivity index (χ0) is 15.0. The van der Waals surface area contributed by atoms with Crippen molar-refractivity contribution in [2.45, 2.75) is 18.5 Å². The molecule has 1 unspecified atom stereocenters. The molecule has 9 heteroatoms. The summed E-state index contributed by atoms with van der Waals surface area (Å²) in [6.07, 6.45) is -12.7. The fourth-order valence-corrected chi connectivity index (χ4v) is 1.36. The number of hydrogen-bond donors (Lipinski definition) is 2. The van der Waals surface area contributed by atoms with Crippen LogP contribution in [0.5, 0.6) is 0 Å². The molecular formula is C10H6F6O3. The van der Waals surface area contributed by atoms with Crippen LogP contribution in [0.25, 0.3) is 0 Å². The van der Waals surface area contributed by atoms with Crippen molar-refractivity contribution in [2.75, 3.05) is 0 Å². The predicted octanol–water partition coefficient (Wildman–Crippen LogP) is 2.84. The Kier molecular flexibility index (Phi) is 3.80. The molecule has 3 nitrogen and oxygen atoms in total. The molecule has 0 aromatic heterocycles. The predicted molar refractivity (Wildman–Crippen MR) is 49.0 cm³/mol. The number of aliphatic carboxylic acids is 1. The summed E-state index contributed by atoms with van der Waals surface area (Å²) in [6, 6.07) is 0.229. The third-order valence-electron chi connectivity index (χ3n) is 2.21. The maximum absolute atomic E-state index is 12.5. The van der Waals surface area contributed by atoms with Crippen LogP contribution in [0.1, 0.15) is 22.8 Å². The fraction of sp³-hybridized carbons (Fsp3) is 0.300. The first-order chi connectivity index (χ1) is 8.44. The monoisotopic (exact) mass is 288 g/mol. The van der Waals surface area contributed by atoms with Crippen LogP contribution in [0, 0.1) is 0 Å². The van der Waals surface area contributed by atoms with Gasteiger partial charge in [0, 0.05) is 5.56 Å². The number of rotatable bonds is 2. The molecule has 1 aromatic rings. The molecule has 106 valence electrons. The number of carboxylic acids is 1. The van der Waals surface area contributed by atoms with Crippen molar-refractivity contribution in [3.63, 3.8) is 0 Å². The third-order valence-corrected chi connectivity index (χ3v) is 2.21. The van der Waals surface area contributed by atoms with Crippen LogP contribution in [0.15, 0.2) is 18.2 Å². The minimum absolute atomic E-state index is 0.0262. The molecule has 1 atom stereocenters. The molecule has 19 heavy (non-hydrogen) atoms. The Labute approximate surface area is 102 Å². The quantitative estimate of drug-likeness (QED) is 0.823. The second-order valence-corrected chi connectivity index (χ2v) is 3.54. The minimum atomic E-state index is -5.07. The van der Waals surface area contributed by atoms with Crippen LogP contribution in [0.2, 0.25) is 0 Å². The molecule has 0 saturated heterocycles. The topological polar surface area (TPSA) is 57.5 Å². The number of carbonyl (C=O) groups is 1. The van der Waals surface area contributed by atoms with E-state index in [9.17, 15) is 31.1 Å². The molecule has 1 aromatic carbocycles. The Morgan fingerprint density at radius 1 is 1.05 bits per heavy atom. The lowest BCUT2D eigenvalue weighted by Crippen LogP contribution is -2.19. The van der Waals surface area contributed by atoms with Crippen molar-refractivity contribution in [2.24, 2.45) is 0 Å². The van der Waals surface area contributed by atoms with E-state index in [-0.39, 0.29) is 18.2 Å². The maximum atomic E-state index is 12.5. The molecule has 0 radical (unpaired) electrons. The molecule has 1 rings (SSSR count). The van der Waals surface area contributed by atoms with Crippen LogP contribution in [0.3, 0.4) is 0 Å².